The number of phenolic OH excluding ortho intramolecular Hbond substituents is 1. The molecule has 9 nitrogen and oxygen atoms in total. The quantitative estimate of drug-likeness (QED) is 0.215. The third kappa shape index (κ3) is 6.61. The van der Waals surface area contributed by atoms with Crippen molar-refractivity contribution >= 4 is 15.2 Å². The van der Waals surface area contributed by atoms with E-state index in [2.05, 4.69) is 5.10 Å². The highest BCUT2D eigenvalue weighted by molar-refractivity contribution is 7.72. The van der Waals surface area contributed by atoms with Crippen LogP contribution < -0.4 is 0 Å². The molecule has 3 rings (SSSR count). The Kier molecular flexibility index (Phi) is 10.3. The highest BCUT2D eigenvalue weighted by atomic mass is 31.2. The van der Waals surface area contributed by atoms with Crippen LogP contribution in [0, 0.1) is 6.92 Å². The van der Waals surface area contributed by atoms with E-state index >= 15 is 0 Å². The summed E-state index contributed by atoms with van der Waals surface area (Å²) in [6, 6.07) is 14.7. The van der Waals surface area contributed by atoms with Gasteiger partial charge in [0.2, 0.25) is 0 Å². The lowest BCUT2D eigenvalue weighted by atomic mass is 10.0. The third-order valence-corrected chi connectivity index (χ3v) is 11.6. The van der Waals surface area contributed by atoms with Gasteiger partial charge in [0.05, 0.1) is 44.0 Å². The minimum Gasteiger partial charge on any atom is -0.507 e. The van der Waals surface area contributed by atoms with Crippen LogP contribution in [0.4, 0.5) is 0 Å². The Morgan fingerprint density at radius 1 is 0.865 bits per heavy atom. The zero-order valence-electron chi connectivity index (χ0n) is 22.0. The molecule has 0 atom stereocenters. The van der Waals surface area contributed by atoms with E-state index in [1.165, 1.54) is 0 Å². The average molecular weight is 551 g/mol. The van der Waals surface area contributed by atoms with E-state index < -0.39 is 20.6 Å². The number of benzene rings is 2. The summed E-state index contributed by atoms with van der Waals surface area (Å²) >= 11 is 0. The van der Waals surface area contributed by atoms with Crippen molar-refractivity contribution in [2.24, 2.45) is 0 Å². The normalized spacial score (nSPS) is 12.4. The topological polar surface area (TPSA) is 109 Å². The predicted octanol–water partition coefficient (Wildman–Crippen LogP) is 6.95. The van der Waals surface area contributed by atoms with Gasteiger partial charge in [0.1, 0.15) is 5.75 Å². The van der Waals surface area contributed by atoms with E-state index in [1.54, 1.807) is 62.8 Å². The van der Waals surface area contributed by atoms with Gasteiger partial charge in [-0.2, -0.15) is 5.10 Å². The molecular formula is C26H36N2O7P2. The number of hydrogen-bond donors (Lipinski definition) is 1. The molecule has 1 heterocycles. The summed E-state index contributed by atoms with van der Waals surface area (Å²) in [4.78, 5) is 0. The second-order valence-electron chi connectivity index (χ2n) is 8.22. The van der Waals surface area contributed by atoms with Gasteiger partial charge < -0.3 is 23.2 Å². The molecule has 202 valence electrons. The fourth-order valence-corrected chi connectivity index (χ4v) is 9.48. The van der Waals surface area contributed by atoms with Gasteiger partial charge in [-0.25, -0.2) is 4.68 Å². The number of rotatable bonds is 14. The van der Waals surface area contributed by atoms with E-state index in [0.717, 1.165) is 11.3 Å². The molecule has 0 aliphatic rings. The summed E-state index contributed by atoms with van der Waals surface area (Å²) in [7, 11) is -7.96. The fraction of sp³-hybridized carbons (Fsp3) is 0.423. The molecule has 37 heavy (non-hydrogen) atoms. The standard InChI is InChI=1S/C26H36N2O7P2/c1-6-32-36(30,33-7-2)25(37(31,34-8-3)35-9-4)18-21-19-27-28(22-14-12-13-20(5)17-22)26(21)23-15-10-11-16-24(23)29/h10-17,19,25,29H,6-9,18H2,1-5H3. The van der Waals surface area contributed by atoms with Crippen molar-refractivity contribution in [1.82, 2.24) is 9.78 Å². The van der Waals surface area contributed by atoms with E-state index in [0.29, 0.717) is 16.8 Å². The Hall–Kier alpha value is -2.25. The van der Waals surface area contributed by atoms with E-state index in [1.807, 2.05) is 31.2 Å². The molecule has 0 aliphatic carbocycles. The van der Waals surface area contributed by atoms with Crippen LogP contribution in [-0.4, -0.2) is 46.7 Å². The van der Waals surface area contributed by atoms with Crippen molar-refractivity contribution in [2.45, 2.75) is 46.4 Å². The zero-order valence-corrected chi connectivity index (χ0v) is 23.8. The Balaban J connectivity index is 2.26. The molecule has 0 saturated carbocycles. The lowest BCUT2D eigenvalue weighted by Crippen LogP contribution is -2.20. The number of para-hydroxylation sites is 1. The molecular weight excluding hydrogens is 514 g/mol. The van der Waals surface area contributed by atoms with Crippen LogP contribution in [0.5, 0.6) is 5.75 Å². The number of aromatic hydroxyl groups is 1. The van der Waals surface area contributed by atoms with Crippen LogP contribution in [0.1, 0.15) is 38.8 Å². The molecule has 0 amide bonds. The Morgan fingerprint density at radius 2 is 1.43 bits per heavy atom. The highest BCUT2D eigenvalue weighted by Crippen LogP contribution is 2.71. The fourth-order valence-electron chi connectivity index (χ4n) is 4.18. The number of aromatic nitrogens is 2. The summed E-state index contributed by atoms with van der Waals surface area (Å²) in [6.07, 6.45) is 1.56. The Labute approximate surface area is 218 Å². The smallest absolute Gasteiger partial charge is 0.346 e. The van der Waals surface area contributed by atoms with Gasteiger partial charge in [0.15, 0.2) is 5.40 Å². The summed E-state index contributed by atoms with van der Waals surface area (Å²) in [5, 5.41) is 14.1. The zero-order chi connectivity index (χ0) is 27.1. The minimum atomic E-state index is -3.98. The van der Waals surface area contributed by atoms with E-state index in [-0.39, 0.29) is 38.6 Å². The second-order valence-corrected chi connectivity index (χ2v) is 13.1. The number of aryl methyl sites for hydroxylation is 1. The van der Waals surface area contributed by atoms with Crippen molar-refractivity contribution in [3.63, 3.8) is 0 Å². The maximum Gasteiger partial charge on any atom is 0.346 e. The molecule has 1 N–H and O–H groups in total. The summed E-state index contributed by atoms with van der Waals surface area (Å²) < 4.78 is 52.5. The Morgan fingerprint density at radius 3 is 1.95 bits per heavy atom. The monoisotopic (exact) mass is 550 g/mol. The SMILES string of the molecule is CCOP(=O)(OCC)C(Cc1cnn(-c2cccc(C)c2)c1-c1ccccc1O)P(=O)(OCC)OCC. The first-order valence-corrected chi connectivity index (χ1v) is 15.6. The largest absolute Gasteiger partial charge is 0.507 e. The van der Waals surface area contributed by atoms with Crippen LogP contribution in [0.2, 0.25) is 0 Å². The third-order valence-electron chi connectivity index (χ3n) is 5.62. The van der Waals surface area contributed by atoms with Crippen molar-refractivity contribution in [3.8, 4) is 22.7 Å². The number of hydrogen-bond acceptors (Lipinski definition) is 8. The van der Waals surface area contributed by atoms with Gasteiger partial charge in [0.25, 0.3) is 0 Å². The second kappa shape index (κ2) is 13.0. The predicted molar refractivity (Wildman–Crippen MR) is 145 cm³/mol. The van der Waals surface area contributed by atoms with Gasteiger partial charge >= 0.3 is 15.2 Å². The molecule has 0 bridgehead atoms. The van der Waals surface area contributed by atoms with E-state index in [9.17, 15) is 14.2 Å². The van der Waals surface area contributed by atoms with Gasteiger partial charge in [-0.15, -0.1) is 0 Å². The van der Waals surface area contributed by atoms with Crippen molar-refractivity contribution in [3.05, 3.63) is 65.9 Å². The summed E-state index contributed by atoms with van der Waals surface area (Å²) in [5.74, 6) is 0.0466. The van der Waals surface area contributed by atoms with Crippen molar-refractivity contribution < 1.29 is 32.3 Å². The maximum absolute atomic E-state index is 14.1. The van der Waals surface area contributed by atoms with Crippen LogP contribution in [0.25, 0.3) is 16.9 Å². The van der Waals surface area contributed by atoms with Gasteiger partial charge in [-0.3, -0.25) is 9.13 Å². The molecule has 11 heteroatoms. The minimum absolute atomic E-state index is 0.0466. The summed E-state index contributed by atoms with van der Waals surface area (Å²) in [6.45, 7) is 9.08. The molecule has 0 radical (unpaired) electrons. The molecule has 0 fully saturated rings. The first kappa shape index (κ1) is 29.3. The molecule has 0 spiro atoms. The van der Waals surface area contributed by atoms with Crippen LogP contribution in [0.15, 0.2) is 54.7 Å². The molecule has 0 saturated heterocycles. The molecule has 1 aromatic heterocycles. The molecule has 0 aliphatic heterocycles. The molecule has 2 aromatic carbocycles. The van der Waals surface area contributed by atoms with Gasteiger partial charge in [0, 0.05) is 17.5 Å². The van der Waals surface area contributed by atoms with Gasteiger partial charge in [-0.05, 0) is 64.4 Å². The van der Waals surface area contributed by atoms with Crippen LogP contribution in [-0.2, 0) is 33.6 Å². The lowest BCUT2D eigenvalue weighted by Gasteiger charge is -2.31. The van der Waals surface area contributed by atoms with Crippen molar-refractivity contribution in [1.29, 1.82) is 0 Å². The average Bonchev–Trinajstić information content (AvgIpc) is 3.27. The molecule has 0 unspecified atom stereocenters. The van der Waals surface area contributed by atoms with E-state index in [4.69, 9.17) is 18.1 Å². The van der Waals surface area contributed by atoms with Crippen LogP contribution >= 0.6 is 15.2 Å². The number of phenols is 1. The number of nitrogens with zero attached hydrogens (tertiary/aromatic N) is 2. The first-order valence-electron chi connectivity index (χ1n) is 12.4. The maximum atomic E-state index is 14.1. The van der Waals surface area contributed by atoms with Crippen molar-refractivity contribution in [2.75, 3.05) is 26.4 Å². The lowest BCUT2D eigenvalue weighted by molar-refractivity contribution is 0.195. The van der Waals surface area contributed by atoms with Gasteiger partial charge in [-0.1, -0.05) is 24.3 Å². The summed E-state index contributed by atoms with van der Waals surface area (Å²) in [5.41, 5.74) is 3.46. The van der Waals surface area contributed by atoms with Crippen LogP contribution in [0.3, 0.4) is 0 Å². The Bertz CT molecular complexity index is 1230. The highest BCUT2D eigenvalue weighted by Gasteiger charge is 2.51. The first-order chi connectivity index (χ1) is 17.7. The molecule has 3 aromatic rings.